The zero-order valence-corrected chi connectivity index (χ0v) is 42.4. The van der Waals surface area contributed by atoms with E-state index in [4.69, 9.17) is 14.2 Å². The number of ketones is 1. The summed E-state index contributed by atoms with van der Waals surface area (Å²) in [6, 6.07) is 66.3. The third-order valence-electron chi connectivity index (χ3n) is 12.1. The summed E-state index contributed by atoms with van der Waals surface area (Å²) in [6.45, 7) is 3.49. The molecule has 0 radical (unpaired) electrons. The molecule has 0 bridgehead atoms. The van der Waals surface area contributed by atoms with E-state index in [1.165, 1.54) is 6.92 Å². The zero-order chi connectivity index (χ0) is 53.9. The molecule has 0 atom stereocenters. The Morgan fingerprint density at radius 2 is 0.795 bits per heavy atom. The van der Waals surface area contributed by atoms with Crippen LogP contribution < -0.4 is 14.2 Å². The second-order valence-electron chi connectivity index (χ2n) is 17.7. The molecule has 0 aliphatic carbocycles. The highest BCUT2D eigenvalue weighted by molar-refractivity contribution is 5.94. The van der Waals surface area contributed by atoms with Crippen molar-refractivity contribution in [2.75, 3.05) is 0 Å². The molecule has 13 nitrogen and oxygen atoms in total. The van der Waals surface area contributed by atoms with Gasteiger partial charge in [-0.15, -0.1) is 0 Å². The van der Waals surface area contributed by atoms with Gasteiger partial charge in [0.05, 0.1) is 35.7 Å². The fourth-order valence-corrected chi connectivity index (χ4v) is 8.17. The van der Waals surface area contributed by atoms with Crippen LogP contribution in [0.25, 0.3) is 22.3 Å². The molecule has 0 saturated heterocycles. The number of hydrogen-bond acceptors (Lipinski definition) is 10. The van der Waals surface area contributed by atoms with Crippen LogP contribution in [0.2, 0.25) is 0 Å². The van der Waals surface area contributed by atoms with E-state index in [2.05, 4.69) is 57.4 Å². The minimum Gasteiger partial charge on any atom is -0.456 e. The van der Waals surface area contributed by atoms with Crippen molar-refractivity contribution >= 4 is 5.78 Å². The van der Waals surface area contributed by atoms with Gasteiger partial charge in [0, 0.05) is 62.4 Å². The number of Topliss-reactive ketones (excluding diaryl/α,β-unsaturated/α-hetero) is 1. The quantitative estimate of drug-likeness (QED) is 0.0901. The second-order valence-corrected chi connectivity index (χ2v) is 17.7. The Morgan fingerprint density at radius 1 is 0.410 bits per heavy atom. The fourth-order valence-electron chi connectivity index (χ4n) is 8.17. The van der Waals surface area contributed by atoms with Crippen LogP contribution in [0.3, 0.4) is 0 Å². The topological polar surface area (TPSA) is 170 Å². The molecule has 78 heavy (non-hydrogen) atoms. The van der Waals surface area contributed by atoms with Crippen LogP contribution in [-0.2, 0) is 19.6 Å². The summed E-state index contributed by atoms with van der Waals surface area (Å²) in [6.07, 6.45) is 16.1. The highest BCUT2D eigenvalue weighted by Crippen LogP contribution is 2.32. The van der Waals surface area contributed by atoms with Crippen molar-refractivity contribution in [3.05, 3.63) is 283 Å². The molecule has 11 aromatic rings. The van der Waals surface area contributed by atoms with E-state index in [1.54, 1.807) is 80.0 Å². The van der Waals surface area contributed by atoms with Gasteiger partial charge < -0.3 is 27.9 Å². The number of carbonyl (C=O) groups is 1. The van der Waals surface area contributed by atoms with Crippen LogP contribution >= 0.6 is 0 Å². The standard InChI is InChI=1S/2C23H17N3O.C19H15N3O2/c24-15-21-10-9-18(16-26-12-11-25-17-26)13-23(21)27-22-8-4-7-20(14-22)19-5-2-1-3-6-19;24-15-21-7-6-18(16-26-13-12-25-17-26)14-23(21)27-22-10-8-20(9-11-22)19-4-2-1-3-5-19;1-14(23)16-3-2-4-18(10-16)24-19-9-15(5-6-17(19)11-20)12-22-8-7-21-13-22/h2*1-14,17H,16H2;2-10,13H,12H2,1H3. The molecule has 0 unspecified atom stereocenters. The van der Waals surface area contributed by atoms with Crippen molar-refractivity contribution in [2.24, 2.45) is 0 Å². The maximum absolute atomic E-state index is 11.5. The first kappa shape index (κ1) is 51.8. The summed E-state index contributed by atoms with van der Waals surface area (Å²) in [5.41, 5.74) is 9.58. The molecule has 0 N–H and O–H groups in total. The summed E-state index contributed by atoms with van der Waals surface area (Å²) in [5.74, 6) is 3.48. The predicted molar refractivity (Wildman–Crippen MR) is 298 cm³/mol. The van der Waals surface area contributed by atoms with E-state index in [0.29, 0.717) is 76.4 Å². The summed E-state index contributed by atoms with van der Waals surface area (Å²) in [4.78, 5) is 23.6. The van der Waals surface area contributed by atoms with Crippen molar-refractivity contribution in [3.8, 4) is 75.0 Å². The van der Waals surface area contributed by atoms with Gasteiger partial charge in [-0.3, -0.25) is 4.79 Å². The molecule has 13 heteroatoms. The van der Waals surface area contributed by atoms with Crippen LogP contribution in [0.4, 0.5) is 0 Å². The lowest BCUT2D eigenvalue weighted by Crippen LogP contribution is -1.98. The van der Waals surface area contributed by atoms with Crippen molar-refractivity contribution in [3.63, 3.8) is 0 Å². The number of imidazole rings is 3. The van der Waals surface area contributed by atoms with E-state index in [1.807, 2.05) is 154 Å². The number of nitrogens with zero attached hydrogens (tertiary/aromatic N) is 9. The second kappa shape index (κ2) is 25.7. The Balaban J connectivity index is 0.000000143. The van der Waals surface area contributed by atoms with E-state index >= 15 is 0 Å². The first-order chi connectivity index (χ1) is 38.3. The summed E-state index contributed by atoms with van der Waals surface area (Å²) in [5, 5.41) is 28.1. The Labute approximate surface area is 452 Å². The molecule has 0 saturated carbocycles. The first-order valence-corrected chi connectivity index (χ1v) is 24.7. The van der Waals surface area contributed by atoms with Gasteiger partial charge in [-0.2, -0.15) is 15.8 Å². The van der Waals surface area contributed by atoms with Gasteiger partial charge >= 0.3 is 0 Å². The summed E-state index contributed by atoms with van der Waals surface area (Å²) < 4.78 is 23.8. The number of hydrogen-bond donors (Lipinski definition) is 0. The average Bonchev–Trinajstić information content (AvgIpc) is 4.33. The fraction of sp³-hybridized carbons (Fsp3) is 0.0615. The Bertz CT molecular complexity index is 3860. The van der Waals surface area contributed by atoms with Crippen molar-refractivity contribution < 1.29 is 19.0 Å². The van der Waals surface area contributed by atoms with Crippen molar-refractivity contribution in [2.45, 2.75) is 26.6 Å². The largest absolute Gasteiger partial charge is 0.456 e. The van der Waals surface area contributed by atoms with Crippen molar-refractivity contribution in [1.29, 1.82) is 15.8 Å². The molecule has 8 aromatic carbocycles. The monoisotopic (exact) mass is 1020 g/mol. The van der Waals surface area contributed by atoms with Gasteiger partial charge in [-0.25, -0.2) is 15.0 Å². The summed E-state index contributed by atoms with van der Waals surface area (Å²) in [7, 11) is 0. The third kappa shape index (κ3) is 14.2. The molecular weight excluding hydrogens is 971 g/mol. The van der Waals surface area contributed by atoms with E-state index in [-0.39, 0.29) is 5.78 Å². The van der Waals surface area contributed by atoms with Gasteiger partial charge in [-0.1, -0.05) is 115 Å². The third-order valence-corrected chi connectivity index (χ3v) is 12.1. The molecule has 0 aliphatic heterocycles. The number of aromatic nitrogens is 6. The molecule has 11 rings (SSSR count). The molecule has 0 amide bonds. The van der Waals surface area contributed by atoms with E-state index in [9.17, 15) is 20.6 Å². The number of carbonyl (C=O) groups excluding carboxylic acids is 1. The van der Waals surface area contributed by atoms with Crippen LogP contribution in [-0.4, -0.2) is 34.4 Å². The average molecular weight is 1020 g/mol. The molecule has 0 spiro atoms. The minimum absolute atomic E-state index is 0.0326. The van der Waals surface area contributed by atoms with Crippen LogP contribution in [0.15, 0.2) is 244 Å². The van der Waals surface area contributed by atoms with Crippen LogP contribution in [0.5, 0.6) is 34.5 Å². The van der Waals surface area contributed by atoms with E-state index in [0.717, 1.165) is 38.9 Å². The normalized spacial score (nSPS) is 10.3. The lowest BCUT2D eigenvalue weighted by molar-refractivity contribution is 0.101. The number of nitriles is 3. The maximum atomic E-state index is 11.5. The lowest BCUT2D eigenvalue weighted by Gasteiger charge is -2.11. The molecule has 378 valence electrons. The SMILES string of the molecule is CC(=O)c1cccc(Oc2cc(Cn3ccnc3)ccc2C#N)c1.N#Cc1ccc(Cn2ccnc2)cc1Oc1ccc(-c2ccccc2)cc1.N#Cc1ccc(Cn2ccnc2)cc1Oc1cccc(-c2ccccc2)c1. The van der Waals surface area contributed by atoms with Gasteiger partial charge in [0.25, 0.3) is 0 Å². The molecule has 3 aromatic heterocycles. The van der Waals surface area contributed by atoms with Crippen LogP contribution in [0, 0.1) is 34.0 Å². The van der Waals surface area contributed by atoms with Gasteiger partial charge in [0.1, 0.15) is 52.7 Å². The molecule has 0 fully saturated rings. The van der Waals surface area contributed by atoms with Gasteiger partial charge in [0.2, 0.25) is 0 Å². The van der Waals surface area contributed by atoms with Gasteiger partial charge in [0.15, 0.2) is 5.78 Å². The maximum Gasteiger partial charge on any atom is 0.159 e. The minimum atomic E-state index is -0.0326. The van der Waals surface area contributed by atoms with E-state index < -0.39 is 0 Å². The number of benzene rings is 8. The smallest absolute Gasteiger partial charge is 0.159 e. The zero-order valence-electron chi connectivity index (χ0n) is 42.4. The number of ether oxygens (including phenoxy) is 3. The molecular formula is C65H49N9O4. The Morgan fingerprint density at radius 3 is 1.21 bits per heavy atom. The molecule has 3 heterocycles. The van der Waals surface area contributed by atoms with Crippen LogP contribution in [0.1, 0.15) is 50.7 Å². The predicted octanol–water partition coefficient (Wildman–Crippen LogP) is 14.3. The lowest BCUT2D eigenvalue weighted by atomic mass is 10.1. The summed E-state index contributed by atoms with van der Waals surface area (Å²) >= 11 is 0. The highest BCUT2D eigenvalue weighted by Gasteiger charge is 2.12. The highest BCUT2D eigenvalue weighted by atomic mass is 16.5. The van der Waals surface area contributed by atoms with Gasteiger partial charge in [-0.05, 0) is 119 Å². The Hall–Kier alpha value is -11.1. The number of rotatable bonds is 15. The first-order valence-electron chi connectivity index (χ1n) is 24.7. The van der Waals surface area contributed by atoms with Crippen molar-refractivity contribution in [1.82, 2.24) is 28.7 Å². The molecule has 0 aliphatic rings. The Kier molecular flexibility index (Phi) is 17.1.